The van der Waals surface area contributed by atoms with Gasteiger partial charge in [0.15, 0.2) is 0 Å². The summed E-state index contributed by atoms with van der Waals surface area (Å²) in [6, 6.07) is 27.4. The second kappa shape index (κ2) is 7.72. The van der Waals surface area contributed by atoms with Crippen molar-refractivity contribution >= 4 is 39.2 Å². The summed E-state index contributed by atoms with van der Waals surface area (Å²) in [7, 11) is 0. The number of pyridine rings is 1. The van der Waals surface area contributed by atoms with E-state index in [2.05, 4.69) is 32.7 Å². The maximum absolute atomic E-state index is 12.5. The number of aromatic amines is 1. The van der Waals surface area contributed by atoms with Gasteiger partial charge in [-0.15, -0.1) is 0 Å². The van der Waals surface area contributed by atoms with Gasteiger partial charge in [-0.05, 0) is 42.0 Å². The molecule has 5 rings (SSSR count). The number of benzene rings is 3. The van der Waals surface area contributed by atoms with Crippen LogP contribution in [0.25, 0.3) is 21.8 Å². The first kappa shape index (κ1) is 17.9. The predicted molar refractivity (Wildman–Crippen MR) is 122 cm³/mol. The van der Waals surface area contributed by atoms with E-state index in [4.69, 9.17) is 0 Å². The number of nitrogens with one attached hydrogen (secondary N) is 3. The Bertz CT molecular complexity index is 1330. The molecule has 0 saturated heterocycles. The highest BCUT2D eigenvalue weighted by Gasteiger charge is 2.10. The molecule has 30 heavy (non-hydrogen) atoms. The monoisotopic (exact) mass is 392 g/mol. The first-order chi connectivity index (χ1) is 14.8. The summed E-state index contributed by atoms with van der Waals surface area (Å²) in [5.41, 5.74) is 4.55. The smallest absolute Gasteiger partial charge is 0.255 e. The Morgan fingerprint density at radius 2 is 1.57 bits per heavy atom. The molecular formula is C25H20N4O. The molecule has 0 spiro atoms. The van der Waals surface area contributed by atoms with Crippen LogP contribution in [0.5, 0.6) is 0 Å². The van der Waals surface area contributed by atoms with E-state index in [1.165, 1.54) is 5.56 Å². The Hall–Kier alpha value is -4.12. The Labute approximate surface area is 173 Å². The van der Waals surface area contributed by atoms with Crippen molar-refractivity contribution in [1.82, 2.24) is 9.97 Å². The highest BCUT2D eigenvalue weighted by atomic mass is 16.1. The predicted octanol–water partition coefficient (Wildman–Crippen LogP) is 5.58. The van der Waals surface area contributed by atoms with Crippen LogP contribution in [0.1, 0.15) is 15.9 Å². The van der Waals surface area contributed by atoms with Crippen LogP contribution in [0.15, 0.2) is 91.1 Å². The zero-order chi connectivity index (χ0) is 20.3. The second-order valence-corrected chi connectivity index (χ2v) is 7.16. The van der Waals surface area contributed by atoms with Crippen LogP contribution < -0.4 is 10.6 Å². The molecule has 146 valence electrons. The lowest BCUT2D eigenvalue weighted by molar-refractivity contribution is 0.102. The fourth-order valence-corrected chi connectivity index (χ4v) is 3.55. The molecule has 0 radical (unpaired) electrons. The van der Waals surface area contributed by atoms with E-state index in [-0.39, 0.29) is 5.91 Å². The fraction of sp³-hybridized carbons (Fsp3) is 0.0400. The summed E-state index contributed by atoms with van der Waals surface area (Å²) in [5, 5.41) is 8.47. The average molecular weight is 392 g/mol. The van der Waals surface area contributed by atoms with Gasteiger partial charge in [0, 0.05) is 34.1 Å². The maximum Gasteiger partial charge on any atom is 0.255 e. The third kappa shape index (κ3) is 3.61. The van der Waals surface area contributed by atoms with Crippen LogP contribution in [0.4, 0.5) is 11.5 Å². The summed E-state index contributed by atoms with van der Waals surface area (Å²) in [6.45, 7) is 0.708. The van der Waals surface area contributed by atoms with Crippen molar-refractivity contribution in [3.63, 3.8) is 0 Å². The van der Waals surface area contributed by atoms with Gasteiger partial charge in [-0.1, -0.05) is 48.5 Å². The number of fused-ring (bicyclic) bond motifs is 3. The van der Waals surface area contributed by atoms with Crippen molar-refractivity contribution in [1.29, 1.82) is 0 Å². The molecule has 0 aliphatic carbocycles. The highest BCUT2D eigenvalue weighted by Crippen LogP contribution is 2.29. The number of carbonyl (C=O) groups is 1. The Balaban J connectivity index is 1.43. The molecule has 5 nitrogen and oxygen atoms in total. The number of hydrogen-bond acceptors (Lipinski definition) is 3. The van der Waals surface area contributed by atoms with Gasteiger partial charge in [0.05, 0.1) is 11.7 Å². The van der Waals surface area contributed by atoms with Crippen LogP contribution >= 0.6 is 0 Å². The lowest BCUT2D eigenvalue weighted by Gasteiger charge is -2.06. The molecule has 0 atom stereocenters. The number of rotatable bonds is 5. The quantitative estimate of drug-likeness (QED) is 0.366. The summed E-state index contributed by atoms with van der Waals surface area (Å²) < 4.78 is 0. The van der Waals surface area contributed by atoms with Gasteiger partial charge < -0.3 is 15.6 Å². The summed E-state index contributed by atoms with van der Waals surface area (Å²) in [6.07, 6.45) is 1.84. The fourth-order valence-electron chi connectivity index (χ4n) is 3.55. The van der Waals surface area contributed by atoms with Crippen LogP contribution in [0.3, 0.4) is 0 Å². The zero-order valence-corrected chi connectivity index (χ0v) is 16.2. The molecule has 0 aliphatic rings. The van der Waals surface area contributed by atoms with E-state index in [1.807, 2.05) is 66.9 Å². The van der Waals surface area contributed by atoms with Crippen molar-refractivity contribution in [3.8, 4) is 0 Å². The number of anilines is 2. The van der Waals surface area contributed by atoms with Crippen molar-refractivity contribution < 1.29 is 4.79 Å². The number of amides is 1. The third-order valence-corrected chi connectivity index (χ3v) is 5.09. The van der Waals surface area contributed by atoms with Crippen molar-refractivity contribution in [3.05, 3.63) is 102 Å². The Morgan fingerprint density at radius 1 is 0.833 bits per heavy atom. The summed E-state index contributed by atoms with van der Waals surface area (Å²) in [4.78, 5) is 20.4. The van der Waals surface area contributed by atoms with Gasteiger partial charge in [0.2, 0.25) is 0 Å². The van der Waals surface area contributed by atoms with E-state index in [0.717, 1.165) is 33.3 Å². The van der Waals surface area contributed by atoms with Crippen molar-refractivity contribution in [2.45, 2.75) is 6.54 Å². The SMILES string of the molecule is O=C(Nc1ccc2[nH]c3cnc(NCc4ccccc4)cc3c2c1)c1ccccc1. The molecule has 0 unspecified atom stereocenters. The van der Waals surface area contributed by atoms with Gasteiger partial charge in [0.1, 0.15) is 5.82 Å². The Kier molecular flexibility index (Phi) is 4.62. The van der Waals surface area contributed by atoms with Crippen molar-refractivity contribution in [2.24, 2.45) is 0 Å². The molecule has 2 aromatic heterocycles. The largest absolute Gasteiger partial charge is 0.366 e. The van der Waals surface area contributed by atoms with Gasteiger partial charge in [0.25, 0.3) is 5.91 Å². The molecule has 0 fully saturated rings. The molecule has 3 N–H and O–H groups in total. The van der Waals surface area contributed by atoms with E-state index in [0.29, 0.717) is 12.1 Å². The first-order valence-corrected chi connectivity index (χ1v) is 9.82. The number of aromatic nitrogens is 2. The van der Waals surface area contributed by atoms with Gasteiger partial charge in [-0.25, -0.2) is 4.98 Å². The summed E-state index contributed by atoms with van der Waals surface area (Å²) in [5.74, 6) is 0.688. The highest BCUT2D eigenvalue weighted by molar-refractivity contribution is 6.10. The minimum Gasteiger partial charge on any atom is -0.366 e. The van der Waals surface area contributed by atoms with E-state index in [9.17, 15) is 4.79 Å². The standard InChI is InChI=1S/C25H20N4O/c30-25(18-9-5-2-6-10-18)28-19-11-12-22-20(13-19)21-14-24(27-16-23(21)29-22)26-15-17-7-3-1-4-8-17/h1-14,16,29H,15H2,(H,26,27)(H,28,30). The first-order valence-electron chi connectivity index (χ1n) is 9.82. The molecule has 5 aromatic rings. The lowest BCUT2D eigenvalue weighted by Crippen LogP contribution is -2.11. The van der Waals surface area contributed by atoms with Crippen molar-refractivity contribution in [2.75, 3.05) is 10.6 Å². The minimum atomic E-state index is -0.123. The lowest BCUT2D eigenvalue weighted by atomic mass is 10.1. The molecule has 0 aliphatic heterocycles. The molecule has 0 saturated carbocycles. The topological polar surface area (TPSA) is 69.8 Å². The van der Waals surface area contributed by atoms with E-state index < -0.39 is 0 Å². The van der Waals surface area contributed by atoms with Gasteiger partial charge in [-0.2, -0.15) is 0 Å². The zero-order valence-electron chi connectivity index (χ0n) is 16.2. The molecular weight excluding hydrogens is 372 g/mol. The number of nitrogens with zero attached hydrogens (tertiary/aromatic N) is 1. The minimum absolute atomic E-state index is 0.123. The number of hydrogen-bond donors (Lipinski definition) is 3. The average Bonchev–Trinajstić information content (AvgIpc) is 3.16. The molecule has 5 heteroatoms. The summed E-state index contributed by atoms with van der Waals surface area (Å²) >= 11 is 0. The van der Waals surface area contributed by atoms with Crippen LogP contribution in [0, 0.1) is 0 Å². The number of carbonyl (C=O) groups excluding carboxylic acids is 1. The normalized spacial score (nSPS) is 10.9. The van der Waals surface area contributed by atoms with E-state index >= 15 is 0 Å². The molecule has 1 amide bonds. The third-order valence-electron chi connectivity index (χ3n) is 5.09. The molecule has 0 bridgehead atoms. The van der Waals surface area contributed by atoms with E-state index in [1.54, 1.807) is 12.1 Å². The van der Waals surface area contributed by atoms with Crippen LogP contribution in [0.2, 0.25) is 0 Å². The maximum atomic E-state index is 12.5. The van der Waals surface area contributed by atoms with Gasteiger partial charge in [-0.3, -0.25) is 4.79 Å². The molecule has 2 heterocycles. The molecule has 3 aromatic carbocycles. The number of H-pyrrole nitrogens is 1. The second-order valence-electron chi connectivity index (χ2n) is 7.16. The Morgan fingerprint density at radius 3 is 2.37 bits per heavy atom. The van der Waals surface area contributed by atoms with Gasteiger partial charge >= 0.3 is 0 Å². The van der Waals surface area contributed by atoms with Crippen LogP contribution in [-0.2, 0) is 6.54 Å². The van der Waals surface area contributed by atoms with Crippen LogP contribution in [-0.4, -0.2) is 15.9 Å².